The zero-order valence-electron chi connectivity index (χ0n) is 8.99. The van der Waals surface area contributed by atoms with Crippen LogP contribution in [0.1, 0.15) is 46.5 Å². The predicted octanol–water partition coefficient (Wildman–Crippen LogP) is 3.52. The molecule has 0 heterocycles. The summed E-state index contributed by atoms with van der Waals surface area (Å²) in [6, 6.07) is 0. The number of rotatable bonds is 5. The minimum atomic E-state index is -4.11. The Morgan fingerprint density at radius 2 is 1.71 bits per heavy atom. The Kier molecular flexibility index (Phi) is 4.92. The predicted molar refractivity (Wildman–Crippen MR) is 50.0 cm³/mol. The first-order valence-corrected chi connectivity index (χ1v) is 4.98. The van der Waals surface area contributed by atoms with E-state index in [0.29, 0.717) is 0 Å². The van der Waals surface area contributed by atoms with Gasteiger partial charge in [0, 0.05) is 6.42 Å². The number of alkyl halides is 3. The Balaban J connectivity index is 3.88. The molecule has 0 aromatic carbocycles. The molecular weight excluding hydrogens is 193 g/mol. The summed E-state index contributed by atoms with van der Waals surface area (Å²) < 4.78 is 35.5. The number of aliphatic hydroxyl groups is 1. The van der Waals surface area contributed by atoms with Crippen LogP contribution in [0, 0.1) is 5.92 Å². The molecule has 1 nitrogen and oxygen atoms in total. The third-order valence-corrected chi connectivity index (χ3v) is 2.82. The summed E-state index contributed by atoms with van der Waals surface area (Å²) in [5, 5.41) is 9.81. The van der Waals surface area contributed by atoms with Crippen LogP contribution in [0.5, 0.6) is 0 Å². The van der Waals surface area contributed by atoms with Gasteiger partial charge in [0.1, 0.15) is 0 Å². The van der Waals surface area contributed by atoms with Crippen LogP contribution in [0.2, 0.25) is 0 Å². The molecule has 86 valence electrons. The van der Waals surface area contributed by atoms with E-state index in [2.05, 4.69) is 0 Å². The van der Waals surface area contributed by atoms with E-state index in [4.69, 9.17) is 0 Å². The molecule has 0 bridgehead atoms. The Morgan fingerprint density at radius 1 is 1.21 bits per heavy atom. The third-order valence-electron chi connectivity index (χ3n) is 2.82. The van der Waals surface area contributed by atoms with Gasteiger partial charge in [-0.05, 0) is 25.7 Å². The van der Waals surface area contributed by atoms with Gasteiger partial charge in [-0.2, -0.15) is 13.2 Å². The summed E-state index contributed by atoms with van der Waals surface area (Å²) in [6.07, 6.45) is -3.92. The molecule has 0 amide bonds. The summed E-state index contributed by atoms with van der Waals surface area (Å²) in [5.74, 6) is 0.0377. The smallest absolute Gasteiger partial charge is 0.389 e. The fraction of sp³-hybridized carbons (Fsp3) is 1.00. The fourth-order valence-corrected chi connectivity index (χ4v) is 1.33. The maximum Gasteiger partial charge on any atom is 0.389 e. The van der Waals surface area contributed by atoms with Crippen molar-refractivity contribution in [1.82, 2.24) is 0 Å². The van der Waals surface area contributed by atoms with E-state index in [1.165, 1.54) is 0 Å². The number of hydrogen-bond acceptors (Lipinski definition) is 1. The molecule has 0 fully saturated rings. The van der Waals surface area contributed by atoms with E-state index in [1.807, 2.05) is 13.8 Å². The maximum atomic E-state index is 11.8. The van der Waals surface area contributed by atoms with Crippen molar-refractivity contribution in [2.75, 3.05) is 0 Å². The minimum Gasteiger partial charge on any atom is -0.390 e. The first-order valence-electron chi connectivity index (χ1n) is 4.98. The molecular formula is C10H19F3O. The Bertz CT molecular complexity index is 163. The molecule has 0 saturated heterocycles. The van der Waals surface area contributed by atoms with E-state index in [1.54, 1.807) is 6.92 Å². The second-order valence-electron chi connectivity index (χ2n) is 4.14. The van der Waals surface area contributed by atoms with E-state index in [9.17, 15) is 18.3 Å². The monoisotopic (exact) mass is 212 g/mol. The summed E-state index contributed by atoms with van der Waals surface area (Å²) in [5.41, 5.74) is -0.972. The quantitative estimate of drug-likeness (QED) is 0.739. The standard InChI is InChI=1S/C10H19F3O/c1-4-8(2)9(3,14)6-5-7-10(11,12)13/h8,14H,4-7H2,1-3H3. The van der Waals surface area contributed by atoms with E-state index in [0.717, 1.165) is 6.42 Å². The van der Waals surface area contributed by atoms with Crippen molar-refractivity contribution >= 4 is 0 Å². The van der Waals surface area contributed by atoms with Crippen LogP contribution in [0.3, 0.4) is 0 Å². The topological polar surface area (TPSA) is 20.2 Å². The van der Waals surface area contributed by atoms with Crippen molar-refractivity contribution in [1.29, 1.82) is 0 Å². The molecule has 0 spiro atoms. The van der Waals surface area contributed by atoms with Crippen molar-refractivity contribution < 1.29 is 18.3 Å². The van der Waals surface area contributed by atoms with Crippen LogP contribution in [0.4, 0.5) is 13.2 Å². The average Bonchev–Trinajstić information content (AvgIpc) is 2.00. The van der Waals surface area contributed by atoms with Gasteiger partial charge in [-0.1, -0.05) is 20.3 Å². The summed E-state index contributed by atoms with van der Waals surface area (Å²) >= 11 is 0. The van der Waals surface area contributed by atoms with E-state index < -0.39 is 18.2 Å². The van der Waals surface area contributed by atoms with E-state index >= 15 is 0 Å². The lowest BCUT2D eigenvalue weighted by Crippen LogP contribution is -2.32. The zero-order valence-corrected chi connectivity index (χ0v) is 8.99. The molecule has 0 aliphatic carbocycles. The van der Waals surface area contributed by atoms with Crippen LogP contribution in [0.25, 0.3) is 0 Å². The molecule has 0 aliphatic rings. The second kappa shape index (κ2) is 5.01. The first kappa shape index (κ1) is 13.8. The Labute approximate surface area is 83.3 Å². The van der Waals surface area contributed by atoms with Gasteiger partial charge in [0.15, 0.2) is 0 Å². The lowest BCUT2D eigenvalue weighted by molar-refractivity contribution is -0.138. The molecule has 1 N–H and O–H groups in total. The minimum absolute atomic E-state index is 0.000833. The normalized spacial score (nSPS) is 19.1. The molecule has 0 radical (unpaired) electrons. The van der Waals surface area contributed by atoms with Crippen LogP contribution in [-0.4, -0.2) is 16.9 Å². The summed E-state index contributed by atoms with van der Waals surface area (Å²) in [6.45, 7) is 5.38. The lowest BCUT2D eigenvalue weighted by Gasteiger charge is -2.29. The molecule has 0 rings (SSSR count). The molecule has 0 saturated carbocycles. The van der Waals surface area contributed by atoms with Gasteiger partial charge in [0.05, 0.1) is 5.60 Å². The highest BCUT2D eigenvalue weighted by molar-refractivity contribution is 4.78. The van der Waals surface area contributed by atoms with Crippen molar-refractivity contribution in [2.45, 2.75) is 58.2 Å². The Hall–Kier alpha value is -0.250. The molecule has 2 unspecified atom stereocenters. The van der Waals surface area contributed by atoms with Crippen molar-refractivity contribution in [3.05, 3.63) is 0 Å². The Morgan fingerprint density at radius 3 is 2.07 bits per heavy atom. The molecule has 4 heteroatoms. The average molecular weight is 212 g/mol. The van der Waals surface area contributed by atoms with Gasteiger partial charge in [-0.3, -0.25) is 0 Å². The van der Waals surface area contributed by atoms with Crippen LogP contribution >= 0.6 is 0 Å². The molecule has 14 heavy (non-hydrogen) atoms. The summed E-state index contributed by atoms with van der Waals surface area (Å²) in [7, 11) is 0. The molecule has 0 aromatic rings. The van der Waals surface area contributed by atoms with Crippen molar-refractivity contribution in [2.24, 2.45) is 5.92 Å². The third kappa shape index (κ3) is 5.47. The van der Waals surface area contributed by atoms with Crippen molar-refractivity contribution in [3.8, 4) is 0 Å². The van der Waals surface area contributed by atoms with Crippen LogP contribution < -0.4 is 0 Å². The SMILES string of the molecule is CCC(C)C(C)(O)CCCC(F)(F)F. The number of halogens is 3. The van der Waals surface area contributed by atoms with E-state index in [-0.39, 0.29) is 18.8 Å². The van der Waals surface area contributed by atoms with Gasteiger partial charge < -0.3 is 5.11 Å². The second-order valence-corrected chi connectivity index (χ2v) is 4.14. The highest BCUT2D eigenvalue weighted by atomic mass is 19.4. The zero-order chi connectivity index (χ0) is 11.4. The molecule has 0 aliphatic heterocycles. The van der Waals surface area contributed by atoms with Gasteiger partial charge in [0.2, 0.25) is 0 Å². The summed E-state index contributed by atoms with van der Waals surface area (Å²) in [4.78, 5) is 0. The van der Waals surface area contributed by atoms with Crippen molar-refractivity contribution in [3.63, 3.8) is 0 Å². The fourth-order valence-electron chi connectivity index (χ4n) is 1.33. The van der Waals surface area contributed by atoms with Gasteiger partial charge >= 0.3 is 6.18 Å². The van der Waals surface area contributed by atoms with Crippen LogP contribution in [0.15, 0.2) is 0 Å². The highest BCUT2D eigenvalue weighted by Gasteiger charge is 2.31. The van der Waals surface area contributed by atoms with Gasteiger partial charge in [0.25, 0.3) is 0 Å². The lowest BCUT2D eigenvalue weighted by atomic mass is 9.84. The van der Waals surface area contributed by atoms with Gasteiger partial charge in [-0.15, -0.1) is 0 Å². The first-order chi connectivity index (χ1) is 6.19. The molecule has 2 atom stereocenters. The highest BCUT2D eigenvalue weighted by Crippen LogP contribution is 2.29. The molecule has 0 aromatic heterocycles. The van der Waals surface area contributed by atoms with Crippen LogP contribution in [-0.2, 0) is 0 Å². The van der Waals surface area contributed by atoms with Gasteiger partial charge in [-0.25, -0.2) is 0 Å². The largest absolute Gasteiger partial charge is 0.390 e. The maximum absolute atomic E-state index is 11.8. The number of hydrogen-bond donors (Lipinski definition) is 1.